The zero-order valence-electron chi connectivity index (χ0n) is 13.7. The lowest BCUT2D eigenvalue weighted by Crippen LogP contribution is -2.40. The molecule has 25 heavy (non-hydrogen) atoms. The molecule has 0 radical (unpaired) electrons. The van der Waals surface area contributed by atoms with Crippen molar-refractivity contribution in [1.82, 2.24) is 10.6 Å². The van der Waals surface area contributed by atoms with Gasteiger partial charge in [0.25, 0.3) is 11.8 Å². The van der Waals surface area contributed by atoms with Gasteiger partial charge in [-0.2, -0.15) is 0 Å². The molecule has 2 aromatic carbocycles. The first-order valence-corrected chi connectivity index (χ1v) is 8.11. The molecule has 2 rings (SSSR count). The summed E-state index contributed by atoms with van der Waals surface area (Å²) in [6.45, 7) is 2.14. The second kappa shape index (κ2) is 8.94. The van der Waals surface area contributed by atoms with Gasteiger partial charge in [0.1, 0.15) is 11.5 Å². The molecule has 2 aromatic rings. The minimum atomic E-state index is -0.705. The fourth-order valence-corrected chi connectivity index (χ4v) is 2.25. The molecule has 2 amide bonds. The molecule has 0 saturated carbocycles. The summed E-state index contributed by atoms with van der Waals surface area (Å²) in [7, 11) is 0. The van der Waals surface area contributed by atoms with Crippen LogP contribution in [-0.2, 0) is 4.79 Å². The lowest BCUT2D eigenvalue weighted by atomic mass is 10.2. The molecule has 0 saturated heterocycles. The van der Waals surface area contributed by atoms with E-state index in [0.29, 0.717) is 16.3 Å². The number of rotatable bonds is 7. The van der Waals surface area contributed by atoms with Gasteiger partial charge in [0.2, 0.25) is 0 Å². The average molecular weight is 363 g/mol. The SMILES string of the molecule is CC(Oc1ccc(O)cc1)C(=O)NCCNC(=O)c1ccccc1Cl. The summed E-state index contributed by atoms with van der Waals surface area (Å²) >= 11 is 5.95. The highest BCUT2D eigenvalue weighted by Crippen LogP contribution is 2.17. The largest absolute Gasteiger partial charge is 0.508 e. The number of phenols is 1. The van der Waals surface area contributed by atoms with E-state index in [1.54, 1.807) is 43.3 Å². The van der Waals surface area contributed by atoms with Crippen molar-refractivity contribution < 1.29 is 19.4 Å². The molecule has 3 N–H and O–H groups in total. The summed E-state index contributed by atoms with van der Waals surface area (Å²) < 4.78 is 5.47. The van der Waals surface area contributed by atoms with E-state index in [0.717, 1.165) is 0 Å². The molecule has 0 aliphatic heterocycles. The molecule has 0 heterocycles. The van der Waals surface area contributed by atoms with Crippen LogP contribution in [0.1, 0.15) is 17.3 Å². The summed E-state index contributed by atoms with van der Waals surface area (Å²) in [5.41, 5.74) is 0.388. The molecular weight excluding hydrogens is 344 g/mol. The Morgan fingerprint density at radius 3 is 2.40 bits per heavy atom. The predicted molar refractivity (Wildman–Crippen MR) is 95.0 cm³/mol. The first-order valence-electron chi connectivity index (χ1n) is 7.73. The molecule has 0 aromatic heterocycles. The molecule has 1 unspecified atom stereocenters. The van der Waals surface area contributed by atoms with Crippen molar-refractivity contribution in [3.8, 4) is 11.5 Å². The Morgan fingerprint density at radius 1 is 1.08 bits per heavy atom. The Hall–Kier alpha value is -2.73. The van der Waals surface area contributed by atoms with E-state index < -0.39 is 6.10 Å². The zero-order chi connectivity index (χ0) is 18.2. The molecule has 0 fully saturated rings. The molecule has 0 bridgehead atoms. The van der Waals surface area contributed by atoms with Crippen molar-refractivity contribution in [1.29, 1.82) is 0 Å². The molecule has 1 atom stereocenters. The van der Waals surface area contributed by atoms with Crippen molar-refractivity contribution in [2.24, 2.45) is 0 Å². The number of nitrogens with one attached hydrogen (secondary N) is 2. The van der Waals surface area contributed by atoms with Gasteiger partial charge < -0.3 is 20.5 Å². The third-order valence-electron chi connectivity index (χ3n) is 3.35. The average Bonchev–Trinajstić information content (AvgIpc) is 2.60. The van der Waals surface area contributed by atoms with Crippen molar-refractivity contribution in [3.05, 3.63) is 59.1 Å². The highest BCUT2D eigenvalue weighted by Gasteiger charge is 2.14. The van der Waals surface area contributed by atoms with Gasteiger partial charge in [0.15, 0.2) is 6.10 Å². The summed E-state index contributed by atoms with van der Waals surface area (Å²) in [5, 5.41) is 14.9. The topological polar surface area (TPSA) is 87.7 Å². The standard InChI is InChI=1S/C18H19ClN2O4/c1-12(25-14-8-6-13(22)7-9-14)17(23)20-10-11-21-18(24)15-4-2-3-5-16(15)19/h2-9,12,22H,10-11H2,1H3,(H,20,23)(H,21,24). The number of carbonyl (C=O) groups excluding carboxylic acids is 2. The van der Waals surface area contributed by atoms with Crippen LogP contribution in [0.25, 0.3) is 0 Å². The number of carbonyl (C=O) groups is 2. The fourth-order valence-electron chi connectivity index (χ4n) is 2.03. The summed E-state index contributed by atoms with van der Waals surface area (Å²) in [6, 6.07) is 12.8. The highest BCUT2D eigenvalue weighted by molar-refractivity contribution is 6.33. The number of halogens is 1. The Labute approximate surface area is 150 Å². The molecule has 0 aliphatic carbocycles. The van der Waals surface area contributed by atoms with E-state index in [4.69, 9.17) is 16.3 Å². The van der Waals surface area contributed by atoms with E-state index in [1.807, 2.05) is 0 Å². The number of hydrogen-bond acceptors (Lipinski definition) is 4. The van der Waals surface area contributed by atoms with Crippen LogP contribution in [0, 0.1) is 0 Å². The summed E-state index contributed by atoms with van der Waals surface area (Å²) in [5.74, 6) is -0.000467. The summed E-state index contributed by atoms with van der Waals surface area (Å²) in [4.78, 5) is 23.9. The van der Waals surface area contributed by atoms with Gasteiger partial charge in [-0.1, -0.05) is 23.7 Å². The van der Waals surface area contributed by atoms with Gasteiger partial charge in [-0.3, -0.25) is 9.59 Å². The lowest BCUT2D eigenvalue weighted by molar-refractivity contribution is -0.127. The number of aromatic hydroxyl groups is 1. The Morgan fingerprint density at radius 2 is 1.72 bits per heavy atom. The quantitative estimate of drug-likeness (QED) is 0.660. The van der Waals surface area contributed by atoms with Gasteiger partial charge in [-0.15, -0.1) is 0 Å². The van der Waals surface area contributed by atoms with Crippen LogP contribution < -0.4 is 15.4 Å². The minimum absolute atomic E-state index is 0.124. The van der Waals surface area contributed by atoms with Crippen LogP contribution >= 0.6 is 11.6 Å². The van der Waals surface area contributed by atoms with E-state index in [1.165, 1.54) is 12.1 Å². The zero-order valence-corrected chi connectivity index (χ0v) is 14.4. The second-order valence-corrected chi connectivity index (χ2v) is 5.69. The number of amides is 2. The van der Waals surface area contributed by atoms with Gasteiger partial charge in [0, 0.05) is 13.1 Å². The first-order chi connectivity index (χ1) is 12.0. The highest BCUT2D eigenvalue weighted by atomic mass is 35.5. The Kier molecular flexibility index (Phi) is 6.65. The number of ether oxygens (including phenoxy) is 1. The first kappa shape index (κ1) is 18.6. The van der Waals surface area contributed by atoms with Crippen molar-refractivity contribution in [3.63, 3.8) is 0 Å². The van der Waals surface area contributed by atoms with Crippen LogP contribution in [-0.4, -0.2) is 36.1 Å². The number of benzene rings is 2. The van der Waals surface area contributed by atoms with E-state index in [-0.39, 0.29) is 30.7 Å². The maximum absolute atomic E-state index is 12.0. The molecule has 0 aliphatic rings. The van der Waals surface area contributed by atoms with Gasteiger partial charge in [-0.25, -0.2) is 0 Å². The van der Waals surface area contributed by atoms with Crippen molar-refractivity contribution >= 4 is 23.4 Å². The van der Waals surface area contributed by atoms with Crippen molar-refractivity contribution in [2.45, 2.75) is 13.0 Å². The normalized spacial score (nSPS) is 11.4. The van der Waals surface area contributed by atoms with Crippen LogP contribution in [0.4, 0.5) is 0 Å². The fraction of sp³-hybridized carbons (Fsp3) is 0.222. The lowest BCUT2D eigenvalue weighted by Gasteiger charge is -2.15. The minimum Gasteiger partial charge on any atom is -0.508 e. The smallest absolute Gasteiger partial charge is 0.260 e. The maximum Gasteiger partial charge on any atom is 0.260 e. The van der Waals surface area contributed by atoms with Crippen LogP contribution in [0.3, 0.4) is 0 Å². The van der Waals surface area contributed by atoms with Gasteiger partial charge in [0.05, 0.1) is 10.6 Å². The third kappa shape index (κ3) is 5.69. The molecule has 7 heteroatoms. The number of phenolic OH excluding ortho intramolecular Hbond substituents is 1. The molecular formula is C18H19ClN2O4. The monoisotopic (exact) mass is 362 g/mol. The molecule has 0 spiro atoms. The van der Waals surface area contributed by atoms with Gasteiger partial charge in [-0.05, 0) is 43.3 Å². The van der Waals surface area contributed by atoms with Crippen LogP contribution in [0.2, 0.25) is 5.02 Å². The Balaban J connectivity index is 1.72. The van der Waals surface area contributed by atoms with E-state index in [9.17, 15) is 14.7 Å². The van der Waals surface area contributed by atoms with Crippen molar-refractivity contribution in [2.75, 3.05) is 13.1 Å². The molecule has 6 nitrogen and oxygen atoms in total. The predicted octanol–water partition coefficient (Wildman–Crippen LogP) is 2.36. The van der Waals surface area contributed by atoms with E-state index >= 15 is 0 Å². The maximum atomic E-state index is 12.0. The van der Waals surface area contributed by atoms with Gasteiger partial charge >= 0.3 is 0 Å². The third-order valence-corrected chi connectivity index (χ3v) is 3.68. The summed E-state index contributed by atoms with van der Waals surface area (Å²) in [6.07, 6.45) is -0.705. The molecule has 132 valence electrons. The van der Waals surface area contributed by atoms with E-state index in [2.05, 4.69) is 10.6 Å². The Bertz CT molecular complexity index is 734. The van der Waals surface area contributed by atoms with Crippen LogP contribution in [0.5, 0.6) is 11.5 Å². The van der Waals surface area contributed by atoms with Crippen LogP contribution in [0.15, 0.2) is 48.5 Å². The number of hydrogen-bond donors (Lipinski definition) is 3. The second-order valence-electron chi connectivity index (χ2n) is 5.28.